The van der Waals surface area contributed by atoms with Gasteiger partial charge in [-0.05, 0) is 43.3 Å². The molecule has 2 N–H and O–H groups in total. The second kappa shape index (κ2) is 7.09. The summed E-state index contributed by atoms with van der Waals surface area (Å²) in [6.07, 6.45) is 1.41. The molecule has 126 valence electrons. The maximum Gasteiger partial charge on any atom is 0.255 e. The molecule has 1 aromatic heterocycles. The van der Waals surface area contributed by atoms with Gasteiger partial charge in [0.05, 0.1) is 11.9 Å². The standard InChI is InChI=1S/C19H15F2N3O/c1-12-4-2-5-13(10-12)19(25)23-14-8-9-17(22-11-14)24-18-15(20)6-3-7-16(18)21/h2-11H,1H3,(H,22,24)(H,23,25). The summed E-state index contributed by atoms with van der Waals surface area (Å²) in [6, 6.07) is 13.9. The molecule has 0 radical (unpaired) electrons. The molecule has 0 saturated heterocycles. The normalized spacial score (nSPS) is 10.4. The van der Waals surface area contributed by atoms with E-state index in [2.05, 4.69) is 15.6 Å². The Morgan fingerprint density at radius 3 is 2.36 bits per heavy atom. The largest absolute Gasteiger partial charge is 0.335 e. The van der Waals surface area contributed by atoms with Crippen molar-refractivity contribution in [3.8, 4) is 0 Å². The van der Waals surface area contributed by atoms with Crippen LogP contribution in [-0.4, -0.2) is 10.9 Å². The highest BCUT2D eigenvalue weighted by Gasteiger charge is 2.10. The molecule has 3 aromatic rings. The maximum atomic E-state index is 13.6. The van der Waals surface area contributed by atoms with Crippen LogP contribution in [0.25, 0.3) is 0 Å². The van der Waals surface area contributed by atoms with E-state index in [1.54, 1.807) is 24.3 Å². The quantitative estimate of drug-likeness (QED) is 0.727. The van der Waals surface area contributed by atoms with E-state index in [4.69, 9.17) is 0 Å². The van der Waals surface area contributed by atoms with Crippen LogP contribution in [0.4, 0.5) is 26.0 Å². The van der Waals surface area contributed by atoms with Gasteiger partial charge in [0.25, 0.3) is 5.91 Å². The number of pyridine rings is 1. The highest BCUT2D eigenvalue weighted by Crippen LogP contribution is 2.22. The number of amides is 1. The summed E-state index contributed by atoms with van der Waals surface area (Å²) in [5.74, 6) is -1.42. The average molecular weight is 339 g/mol. The van der Waals surface area contributed by atoms with Crippen LogP contribution in [0, 0.1) is 18.6 Å². The molecule has 3 rings (SSSR count). The van der Waals surface area contributed by atoms with E-state index in [1.165, 1.54) is 18.3 Å². The Balaban J connectivity index is 1.71. The van der Waals surface area contributed by atoms with Crippen molar-refractivity contribution in [3.05, 3.63) is 83.6 Å². The molecule has 1 amide bonds. The predicted octanol–water partition coefficient (Wildman–Crippen LogP) is 4.66. The lowest BCUT2D eigenvalue weighted by Crippen LogP contribution is -2.12. The lowest BCUT2D eigenvalue weighted by atomic mass is 10.1. The monoisotopic (exact) mass is 339 g/mol. The fourth-order valence-corrected chi connectivity index (χ4v) is 2.28. The molecule has 6 heteroatoms. The number of hydrogen-bond donors (Lipinski definition) is 2. The second-order valence-corrected chi connectivity index (χ2v) is 5.48. The van der Waals surface area contributed by atoms with Gasteiger partial charge < -0.3 is 10.6 Å². The Bertz CT molecular complexity index is 891. The molecular weight excluding hydrogens is 324 g/mol. The lowest BCUT2D eigenvalue weighted by molar-refractivity contribution is 0.102. The number of nitrogens with zero attached hydrogens (tertiary/aromatic N) is 1. The summed E-state index contributed by atoms with van der Waals surface area (Å²) in [4.78, 5) is 16.2. The van der Waals surface area contributed by atoms with Gasteiger partial charge in [0.1, 0.15) is 23.1 Å². The minimum atomic E-state index is -0.710. The highest BCUT2D eigenvalue weighted by molar-refractivity contribution is 6.04. The van der Waals surface area contributed by atoms with Gasteiger partial charge >= 0.3 is 0 Å². The summed E-state index contributed by atoms with van der Waals surface area (Å²) in [6.45, 7) is 1.90. The van der Waals surface area contributed by atoms with E-state index >= 15 is 0 Å². The summed E-state index contributed by atoms with van der Waals surface area (Å²) < 4.78 is 27.2. The molecule has 0 fully saturated rings. The Labute approximate surface area is 143 Å². The fourth-order valence-electron chi connectivity index (χ4n) is 2.28. The zero-order valence-electron chi connectivity index (χ0n) is 13.4. The number of carbonyl (C=O) groups excluding carboxylic acids is 1. The van der Waals surface area contributed by atoms with Gasteiger partial charge in [-0.3, -0.25) is 4.79 Å². The number of aromatic nitrogens is 1. The lowest BCUT2D eigenvalue weighted by Gasteiger charge is -2.09. The Morgan fingerprint density at radius 2 is 1.72 bits per heavy atom. The van der Waals surface area contributed by atoms with Gasteiger partial charge in [0.2, 0.25) is 0 Å². The summed E-state index contributed by atoms with van der Waals surface area (Å²) in [7, 11) is 0. The highest BCUT2D eigenvalue weighted by atomic mass is 19.1. The van der Waals surface area contributed by atoms with Crippen LogP contribution in [0.15, 0.2) is 60.8 Å². The van der Waals surface area contributed by atoms with Gasteiger partial charge in [-0.15, -0.1) is 0 Å². The van der Waals surface area contributed by atoms with E-state index < -0.39 is 11.6 Å². The summed E-state index contributed by atoms with van der Waals surface area (Å²) in [5, 5.41) is 5.31. The van der Waals surface area contributed by atoms with Crippen molar-refractivity contribution >= 4 is 23.1 Å². The van der Waals surface area contributed by atoms with Gasteiger partial charge in [0, 0.05) is 5.56 Å². The van der Waals surface area contributed by atoms with E-state index in [0.717, 1.165) is 17.7 Å². The third-order valence-corrected chi connectivity index (χ3v) is 3.52. The van der Waals surface area contributed by atoms with Crippen molar-refractivity contribution in [3.63, 3.8) is 0 Å². The first-order valence-corrected chi connectivity index (χ1v) is 7.58. The van der Waals surface area contributed by atoms with Crippen LogP contribution in [-0.2, 0) is 0 Å². The summed E-state index contributed by atoms with van der Waals surface area (Å²) >= 11 is 0. The number of hydrogen-bond acceptors (Lipinski definition) is 3. The first-order chi connectivity index (χ1) is 12.0. The Hall–Kier alpha value is -3.28. The predicted molar refractivity (Wildman–Crippen MR) is 93.0 cm³/mol. The van der Waals surface area contributed by atoms with Crippen LogP contribution in [0.1, 0.15) is 15.9 Å². The topological polar surface area (TPSA) is 54.0 Å². The number of anilines is 3. The minimum absolute atomic E-state index is 0.258. The van der Waals surface area contributed by atoms with Crippen LogP contribution < -0.4 is 10.6 Å². The van der Waals surface area contributed by atoms with Crippen molar-refractivity contribution in [2.75, 3.05) is 10.6 Å². The van der Waals surface area contributed by atoms with Crippen molar-refractivity contribution in [2.45, 2.75) is 6.92 Å². The van der Waals surface area contributed by atoms with Crippen LogP contribution >= 0.6 is 0 Å². The molecule has 0 spiro atoms. The van der Waals surface area contributed by atoms with Gasteiger partial charge in [0.15, 0.2) is 0 Å². The van der Waals surface area contributed by atoms with E-state index in [1.807, 2.05) is 13.0 Å². The fraction of sp³-hybridized carbons (Fsp3) is 0.0526. The maximum absolute atomic E-state index is 13.6. The number of aryl methyl sites for hydroxylation is 1. The molecule has 1 heterocycles. The molecular formula is C19H15F2N3O. The molecule has 0 atom stereocenters. The third kappa shape index (κ3) is 3.98. The van der Waals surface area contributed by atoms with Crippen molar-refractivity contribution in [1.82, 2.24) is 4.98 Å². The van der Waals surface area contributed by atoms with Gasteiger partial charge in [-0.2, -0.15) is 0 Å². The number of halogens is 2. The molecule has 0 aliphatic heterocycles. The molecule has 0 saturated carbocycles. The van der Waals surface area contributed by atoms with Crippen molar-refractivity contribution < 1.29 is 13.6 Å². The van der Waals surface area contributed by atoms with Crippen molar-refractivity contribution in [2.24, 2.45) is 0 Å². The first kappa shape index (κ1) is 16.6. The number of rotatable bonds is 4. The number of carbonyl (C=O) groups is 1. The van der Waals surface area contributed by atoms with E-state index in [9.17, 15) is 13.6 Å². The first-order valence-electron chi connectivity index (χ1n) is 7.58. The SMILES string of the molecule is Cc1cccc(C(=O)Nc2ccc(Nc3c(F)cccc3F)nc2)c1. The Morgan fingerprint density at radius 1 is 1.00 bits per heavy atom. The molecule has 0 unspecified atom stereocenters. The zero-order chi connectivity index (χ0) is 17.8. The Kier molecular flexibility index (Phi) is 4.70. The molecule has 2 aromatic carbocycles. The minimum Gasteiger partial charge on any atom is -0.335 e. The van der Waals surface area contributed by atoms with Crippen LogP contribution in [0.5, 0.6) is 0 Å². The molecule has 25 heavy (non-hydrogen) atoms. The number of nitrogens with one attached hydrogen (secondary N) is 2. The molecule has 0 aliphatic carbocycles. The third-order valence-electron chi connectivity index (χ3n) is 3.52. The van der Waals surface area contributed by atoms with Crippen molar-refractivity contribution in [1.29, 1.82) is 0 Å². The summed E-state index contributed by atoms with van der Waals surface area (Å²) in [5.41, 5.74) is 1.73. The van der Waals surface area contributed by atoms with E-state index in [-0.39, 0.29) is 17.4 Å². The molecule has 0 aliphatic rings. The second-order valence-electron chi connectivity index (χ2n) is 5.48. The smallest absolute Gasteiger partial charge is 0.255 e. The van der Waals surface area contributed by atoms with Crippen LogP contribution in [0.3, 0.4) is 0 Å². The van der Waals surface area contributed by atoms with E-state index in [0.29, 0.717) is 11.3 Å². The van der Waals surface area contributed by atoms with Gasteiger partial charge in [-0.1, -0.05) is 23.8 Å². The number of para-hydroxylation sites is 1. The molecule has 0 bridgehead atoms. The number of benzene rings is 2. The molecule has 4 nitrogen and oxygen atoms in total. The zero-order valence-corrected chi connectivity index (χ0v) is 13.4. The van der Waals surface area contributed by atoms with Crippen LogP contribution in [0.2, 0.25) is 0 Å². The average Bonchev–Trinajstić information content (AvgIpc) is 2.60. The van der Waals surface area contributed by atoms with Gasteiger partial charge in [-0.25, -0.2) is 13.8 Å².